The van der Waals surface area contributed by atoms with Gasteiger partial charge in [0, 0.05) is 13.1 Å². The molecule has 0 radical (unpaired) electrons. The molecule has 3 nitrogen and oxygen atoms in total. The molecule has 1 aromatic rings. The lowest BCUT2D eigenvalue weighted by molar-refractivity contribution is 0.112. The molecular weight excluding hydrogens is 256 g/mol. The van der Waals surface area contributed by atoms with E-state index in [1.54, 1.807) is 0 Å². The molecule has 96 valence electrons. The Morgan fingerprint density at radius 3 is 2.18 bits per heavy atom. The molecule has 1 rings (SSSR count). The maximum Gasteiger partial charge on any atom is 0.187 e. The number of thiazole rings is 1. The molecule has 0 aliphatic rings. The van der Waals surface area contributed by atoms with Crippen LogP contribution in [0.1, 0.15) is 37.4 Å². The number of hydrogen-bond donors (Lipinski definition) is 0. The summed E-state index contributed by atoms with van der Waals surface area (Å²) in [5.41, 5.74) is 0. The van der Waals surface area contributed by atoms with Crippen LogP contribution in [0.3, 0.4) is 0 Å². The van der Waals surface area contributed by atoms with Gasteiger partial charge in [-0.2, -0.15) is 0 Å². The average Bonchev–Trinajstić information content (AvgIpc) is 2.57. The largest absolute Gasteiger partial charge is 0.348 e. The molecule has 0 bridgehead atoms. The van der Waals surface area contributed by atoms with Crippen LogP contribution < -0.4 is 4.90 Å². The predicted molar refractivity (Wildman–Crippen MR) is 74.4 cm³/mol. The minimum Gasteiger partial charge on any atom is -0.348 e. The number of aromatic nitrogens is 1. The van der Waals surface area contributed by atoms with Gasteiger partial charge in [-0.3, -0.25) is 4.79 Å². The fraction of sp³-hybridized carbons (Fsp3) is 0.667. The van der Waals surface area contributed by atoms with Crippen LogP contribution in [0.4, 0.5) is 5.13 Å². The zero-order chi connectivity index (χ0) is 13.0. The van der Waals surface area contributed by atoms with Crippen molar-refractivity contribution in [3.05, 3.63) is 10.0 Å². The van der Waals surface area contributed by atoms with Crippen LogP contribution in [0.15, 0.2) is 0 Å². The topological polar surface area (TPSA) is 33.2 Å². The quantitative estimate of drug-likeness (QED) is 0.741. The van der Waals surface area contributed by atoms with E-state index in [9.17, 15) is 4.79 Å². The number of carbonyl (C=O) groups is 1. The first-order valence-corrected chi connectivity index (χ1v) is 7.00. The number of rotatable bonds is 6. The molecule has 0 unspecified atom stereocenters. The van der Waals surface area contributed by atoms with Crippen LogP contribution in [-0.4, -0.2) is 24.4 Å². The third-order valence-electron chi connectivity index (χ3n) is 2.15. The maximum absolute atomic E-state index is 10.8. The van der Waals surface area contributed by atoms with Gasteiger partial charge in [-0.05, 0) is 11.8 Å². The number of halogens is 1. The Bertz CT molecular complexity index is 367. The van der Waals surface area contributed by atoms with Gasteiger partial charge in [-0.25, -0.2) is 4.98 Å². The minimum absolute atomic E-state index is 0.317. The molecule has 0 saturated heterocycles. The molecule has 0 spiro atoms. The Morgan fingerprint density at radius 1 is 1.29 bits per heavy atom. The van der Waals surface area contributed by atoms with Gasteiger partial charge in [0.05, 0.1) is 0 Å². The van der Waals surface area contributed by atoms with Gasteiger partial charge >= 0.3 is 0 Å². The first kappa shape index (κ1) is 14.5. The number of aldehydes is 1. The molecule has 0 aliphatic carbocycles. The van der Waals surface area contributed by atoms with Crippen LogP contribution in [0.2, 0.25) is 5.15 Å². The molecule has 5 heteroatoms. The van der Waals surface area contributed by atoms with Crippen molar-refractivity contribution in [3.63, 3.8) is 0 Å². The Balaban J connectivity index is 2.90. The fourth-order valence-electron chi connectivity index (χ4n) is 1.62. The highest BCUT2D eigenvalue weighted by molar-refractivity contribution is 7.17. The van der Waals surface area contributed by atoms with E-state index in [4.69, 9.17) is 11.6 Å². The Labute approximate surface area is 112 Å². The summed E-state index contributed by atoms with van der Waals surface area (Å²) in [5, 5.41) is 1.16. The zero-order valence-corrected chi connectivity index (χ0v) is 12.3. The normalized spacial score (nSPS) is 11.2. The van der Waals surface area contributed by atoms with E-state index in [2.05, 4.69) is 37.6 Å². The first-order valence-electron chi connectivity index (χ1n) is 5.80. The predicted octanol–water partition coefficient (Wildman–Crippen LogP) is 3.73. The van der Waals surface area contributed by atoms with E-state index in [0.29, 0.717) is 21.9 Å². The lowest BCUT2D eigenvalue weighted by Crippen LogP contribution is -2.31. The van der Waals surface area contributed by atoms with E-state index in [1.807, 2.05) is 0 Å². The number of carbonyl (C=O) groups excluding carboxylic acids is 1. The van der Waals surface area contributed by atoms with Crippen LogP contribution in [-0.2, 0) is 0 Å². The highest BCUT2D eigenvalue weighted by Gasteiger charge is 2.16. The Kier molecular flexibility index (Phi) is 5.40. The summed E-state index contributed by atoms with van der Waals surface area (Å²) < 4.78 is 0. The van der Waals surface area contributed by atoms with Crippen LogP contribution >= 0.6 is 22.9 Å². The number of hydrogen-bond acceptors (Lipinski definition) is 4. The molecule has 0 N–H and O–H groups in total. The molecular formula is C12H19ClN2OS. The highest BCUT2D eigenvalue weighted by Crippen LogP contribution is 2.29. The monoisotopic (exact) mass is 274 g/mol. The Hall–Kier alpha value is -0.610. The van der Waals surface area contributed by atoms with Crippen molar-refractivity contribution >= 4 is 34.4 Å². The lowest BCUT2D eigenvalue weighted by Gasteiger charge is -2.25. The molecule has 0 fully saturated rings. The van der Waals surface area contributed by atoms with Gasteiger partial charge in [-0.1, -0.05) is 50.6 Å². The molecule has 0 atom stereocenters. The SMILES string of the molecule is CC(C)CN(CC(C)C)c1nc(Cl)c(C=O)s1. The molecule has 0 aromatic carbocycles. The summed E-state index contributed by atoms with van der Waals surface area (Å²) in [5.74, 6) is 1.10. The molecule has 0 amide bonds. The second kappa shape index (κ2) is 6.36. The van der Waals surface area contributed by atoms with Gasteiger partial charge < -0.3 is 4.90 Å². The zero-order valence-electron chi connectivity index (χ0n) is 10.7. The van der Waals surface area contributed by atoms with Gasteiger partial charge in [0.2, 0.25) is 0 Å². The van der Waals surface area contributed by atoms with Crippen molar-refractivity contribution in [1.82, 2.24) is 4.98 Å². The van der Waals surface area contributed by atoms with E-state index in [1.165, 1.54) is 11.3 Å². The molecule has 1 aromatic heterocycles. The molecule has 17 heavy (non-hydrogen) atoms. The third kappa shape index (κ3) is 4.28. The second-order valence-corrected chi connectivity index (χ2v) is 6.33. The highest BCUT2D eigenvalue weighted by atomic mass is 35.5. The first-order chi connectivity index (χ1) is 7.93. The average molecular weight is 275 g/mol. The van der Waals surface area contributed by atoms with Gasteiger partial charge in [0.25, 0.3) is 0 Å². The summed E-state index contributed by atoms with van der Waals surface area (Å²) >= 11 is 7.27. The second-order valence-electron chi connectivity index (χ2n) is 4.96. The van der Waals surface area contributed by atoms with E-state index in [-0.39, 0.29) is 0 Å². The number of nitrogens with zero attached hydrogens (tertiary/aromatic N) is 2. The summed E-state index contributed by atoms with van der Waals surface area (Å²) in [6.45, 7) is 10.5. The van der Waals surface area contributed by atoms with Crippen molar-refractivity contribution in [2.45, 2.75) is 27.7 Å². The van der Waals surface area contributed by atoms with E-state index >= 15 is 0 Å². The lowest BCUT2D eigenvalue weighted by atomic mass is 10.1. The van der Waals surface area contributed by atoms with Crippen molar-refractivity contribution in [2.24, 2.45) is 11.8 Å². The van der Waals surface area contributed by atoms with Gasteiger partial charge in [0.1, 0.15) is 4.88 Å². The number of anilines is 1. The Morgan fingerprint density at radius 2 is 1.82 bits per heavy atom. The summed E-state index contributed by atoms with van der Waals surface area (Å²) in [7, 11) is 0. The van der Waals surface area contributed by atoms with Crippen molar-refractivity contribution < 1.29 is 4.79 Å². The van der Waals surface area contributed by atoms with Crippen LogP contribution in [0.5, 0.6) is 0 Å². The van der Waals surface area contributed by atoms with Crippen LogP contribution in [0, 0.1) is 11.8 Å². The summed E-state index contributed by atoms with van der Waals surface area (Å²) in [4.78, 5) is 17.8. The maximum atomic E-state index is 10.8. The standard InChI is InChI=1S/C12H19ClN2OS/c1-8(2)5-15(6-9(3)4)12-14-11(13)10(7-16)17-12/h7-9H,5-6H2,1-4H3. The summed E-state index contributed by atoms with van der Waals surface area (Å²) in [6.07, 6.45) is 0.770. The van der Waals surface area contributed by atoms with Crippen molar-refractivity contribution in [2.75, 3.05) is 18.0 Å². The fourth-order valence-corrected chi connectivity index (χ4v) is 2.70. The molecule has 0 saturated carbocycles. The van der Waals surface area contributed by atoms with E-state index < -0.39 is 0 Å². The van der Waals surface area contributed by atoms with Crippen LogP contribution in [0.25, 0.3) is 0 Å². The third-order valence-corrected chi connectivity index (χ3v) is 3.59. The smallest absolute Gasteiger partial charge is 0.187 e. The minimum atomic E-state index is 0.317. The summed E-state index contributed by atoms with van der Waals surface area (Å²) in [6, 6.07) is 0. The van der Waals surface area contributed by atoms with Gasteiger partial charge in [0.15, 0.2) is 16.6 Å². The molecule has 1 heterocycles. The van der Waals surface area contributed by atoms with Gasteiger partial charge in [-0.15, -0.1) is 0 Å². The molecule has 0 aliphatic heterocycles. The van der Waals surface area contributed by atoms with Crippen molar-refractivity contribution in [1.29, 1.82) is 0 Å². The van der Waals surface area contributed by atoms with Crippen molar-refractivity contribution in [3.8, 4) is 0 Å². The van der Waals surface area contributed by atoms with E-state index in [0.717, 1.165) is 24.5 Å².